The standard InChI is InChI=1S/C8H13BrO6/c1-3(11)8(9)7(14)6(13)5(12)4(2-10)15-8/h4-7,10,12-14H,2H2,1H3/t4-,5-,6+,7-,8?/m1/s1. The number of halogens is 1. The van der Waals surface area contributed by atoms with Crippen molar-refractivity contribution in [3.05, 3.63) is 0 Å². The van der Waals surface area contributed by atoms with Crippen LogP contribution >= 0.6 is 15.9 Å². The Morgan fingerprint density at radius 2 is 1.93 bits per heavy atom. The number of ether oxygens (including phenoxy) is 1. The lowest BCUT2D eigenvalue weighted by molar-refractivity contribution is -0.234. The lowest BCUT2D eigenvalue weighted by Gasteiger charge is -2.43. The quantitative estimate of drug-likeness (QED) is 0.443. The molecular formula is C8H13BrO6. The van der Waals surface area contributed by atoms with Gasteiger partial charge in [-0.05, 0) is 22.9 Å². The SMILES string of the molecule is CC(=O)C1(Br)O[C@H](CO)[C@@H](O)[C@H](O)[C@H]1O. The maximum absolute atomic E-state index is 11.2. The van der Waals surface area contributed by atoms with Crippen LogP contribution in [0.1, 0.15) is 6.92 Å². The van der Waals surface area contributed by atoms with Gasteiger partial charge in [-0.2, -0.15) is 0 Å². The topological polar surface area (TPSA) is 107 Å². The van der Waals surface area contributed by atoms with Gasteiger partial charge in [0.2, 0.25) is 4.51 Å². The molecule has 7 heteroatoms. The molecule has 1 fully saturated rings. The van der Waals surface area contributed by atoms with E-state index in [9.17, 15) is 20.1 Å². The van der Waals surface area contributed by atoms with E-state index in [-0.39, 0.29) is 0 Å². The summed E-state index contributed by atoms with van der Waals surface area (Å²) in [7, 11) is 0. The van der Waals surface area contributed by atoms with Crippen molar-refractivity contribution >= 4 is 21.7 Å². The van der Waals surface area contributed by atoms with E-state index in [1.807, 2.05) is 0 Å². The van der Waals surface area contributed by atoms with Crippen LogP contribution in [0.25, 0.3) is 0 Å². The van der Waals surface area contributed by atoms with Crippen molar-refractivity contribution in [2.75, 3.05) is 6.61 Å². The highest BCUT2D eigenvalue weighted by Gasteiger charge is 2.54. The Balaban J connectivity index is 2.97. The highest BCUT2D eigenvalue weighted by molar-refractivity contribution is 9.10. The first kappa shape index (κ1) is 13.0. The molecule has 5 atom stereocenters. The lowest BCUT2D eigenvalue weighted by Crippen LogP contribution is -2.64. The summed E-state index contributed by atoms with van der Waals surface area (Å²) in [6.07, 6.45) is -5.70. The number of aliphatic hydroxyl groups is 4. The Hall–Kier alpha value is -0.0500. The lowest BCUT2D eigenvalue weighted by atomic mass is 9.93. The van der Waals surface area contributed by atoms with Gasteiger partial charge in [0.1, 0.15) is 24.4 Å². The van der Waals surface area contributed by atoms with Crippen molar-refractivity contribution in [2.24, 2.45) is 0 Å². The second-order valence-electron chi connectivity index (χ2n) is 3.47. The average molecular weight is 285 g/mol. The van der Waals surface area contributed by atoms with E-state index in [1.165, 1.54) is 0 Å². The summed E-state index contributed by atoms with van der Waals surface area (Å²) >= 11 is 2.87. The van der Waals surface area contributed by atoms with Gasteiger partial charge < -0.3 is 25.2 Å². The summed E-state index contributed by atoms with van der Waals surface area (Å²) in [5, 5.41) is 37.3. The number of hydrogen-bond acceptors (Lipinski definition) is 6. The Bertz CT molecular complexity index is 258. The Kier molecular flexibility index (Phi) is 3.85. The fraction of sp³-hybridized carbons (Fsp3) is 0.875. The summed E-state index contributed by atoms with van der Waals surface area (Å²) in [5.41, 5.74) is 0. The van der Waals surface area contributed by atoms with Crippen LogP contribution < -0.4 is 0 Å². The molecule has 88 valence electrons. The predicted molar refractivity (Wildman–Crippen MR) is 52.3 cm³/mol. The van der Waals surface area contributed by atoms with Gasteiger partial charge in [0, 0.05) is 0 Å². The van der Waals surface area contributed by atoms with Crippen LogP contribution in [0.15, 0.2) is 0 Å². The number of carbonyl (C=O) groups excluding carboxylic acids is 1. The van der Waals surface area contributed by atoms with E-state index >= 15 is 0 Å². The molecule has 0 amide bonds. The smallest absolute Gasteiger partial charge is 0.209 e. The Labute approximate surface area is 94.6 Å². The van der Waals surface area contributed by atoms with Crippen LogP contribution in [0.3, 0.4) is 0 Å². The monoisotopic (exact) mass is 284 g/mol. The molecule has 4 N–H and O–H groups in total. The molecule has 0 radical (unpaired) electrons. The van der Waals surface area contributed by atoms with E-state index in [0.717, 1.165) is 6.92 Å². The molecular weight excluding hydrogens is 272 g/mol. The van der Waals surface area contributed by atoms with Gasteiger partial charge in [0.25, 0.3) is 0 Å². The van der Waals surface area contributed by atoms with Gasteiger partial charge in [0.05, 0.1) is 6.61 Å². The van der Waals surface area contributed by atoms with Crippen LogP contribution in [-0.2, 0) is 9.53 Å². The minimum atomic E-state index is -1.78. The van der Waals surface area contributed by atoms with E-state index in [1.54, 1.807) is 0 Å². The molecule has 0 bridgehead atoms. The van der Waals surface area contributed by atoms with Crippen molar-refractivity contribution in [3.8, 4) is 0 Å². The molecule has 0 aliphatic carbocycles. The second kappa shape index (κ2) is 4.44. The van der Waals surface area contributed by atoms with Crippen molar-refractivity contribution < 1.29 is 30.0 Å². The Morgan fingerprint density at radius 3 is 2.33 bits per heavy atom. The maximum atomic E-state index is 11.2. The first-order valence-corrected chi connectivity index (χ1v) is 5.16. The molecule has 6 nitrogen and oxygen atoms in total. The zero-order chi connectivity index (χ0) is 11.8. The van der Waals surface area contributed by atoms with Gasteiger partial charge >= 0.3 is 0 Å². The van der Waals surface area contributed by atoms with Gasteiger partial charge in [-0.1, -0.05) is 0 Å². The highest BCUT2D eigenvalue weighted by Crippen LogP contribution is 2.35. The molecule has 1 saturated heterocycles. The van der Waals surface area contributed by atoms with Gasteiger partial charge in [-0.15, -0.1) is 0 Å². The van der Waals surface area contributed by atoms with Crippen molar-refractivity contribution in [3.63, 3.8) is 0 Å². The number of hydrogen-bond donors (Lipinski definition) is 4. The third-order valence-electron chi connectivity index (χ3n) is 2.42. The summed E-state index contributed by atoms with van der Waals surface area (Å²) in [6.45, 7) is 0.600. The third kappa shape index (κ3) is 2.08. The number of alkyl halides is 1. The second-order valence-corrected chi connectivity index (χ2v) is 4.64. The first-order chi connectivity index (χ1) is 6.84. The van der Waals surface area contributed by atoms with E-state index in [2.05, 4.69) is 15.9 Å². The normalized spacial score (nSPS) is 46.5. The van der Waals surface area contributed by atoms with Crippen molar-refractivity contribution in [2.45, 2.75) is 35.8 Å². The predicted octanol–water partition coefficient (Wildman–Crippen LogP) is -1.86. The van der Waals surface area contributed by atoms with E-state index < -0.39 is 41.3 Å². The third-order valence-corrected chi connectivity index (χ3v) is 3.63. The molecule has 0 aromatic rings. The van der Waals surface area contributed by atoms with Gasteiger partial charge in [0.15, 0.2) is 5.78 Å². The van der Waals surface area contributed by atoms with Crippen molar-refractivity contribution in [1.29, 1.82) is 0 Å². The molecule has 1 aliphatic heterocycles. The van der Waals surface area contributed by atoms with E-state index in [4.69, 9.17) is 9.84 Å². The van der Waals surface area contributed by atoms with Crippen LogP contribution in [0, 0.1) is 0 Å². The summed E-state index contributed by atoms with van der Waals surface area (Å²) in [6, 6.07) is 0. The molecule has 0 aromatic carbocycles. The molecule has 1 heterocycles. The number of aliphatic hydroxyl groups excluding tert-OH is 4. The molecule has 1 rings (SSSR count). The van der Waals surface area contributed by atoms with E-state index in [0.29, 0.717) is 0 Å². The van der Waals surface area contributed by atoms with Crippen LogP contribution in [0.4, 0.5) is 0 Å². The number of carbonyl (C=O) groups is 1. The molecule has 0 aromatic heterocycles. The molecule has 0 spiro atoms. The first-order valence-electron chi connectivity index (χ1n) is 4.37. The van der Waals surface area contributed by atoms with Crippen LogP contribution in [0.5, 0.6) is 0 Å². The fourth-order valence-electron chi connectivity index (χ4n) is 1.42. The zero-order valence-corrected chi connectivity index (χ0v) is 9.59. The highest BCUT2D eigenvalue weighted by atomic mass is 79.9. The maximum Gasteiger partial charge on any atom is 0.209 e. The zero-order valence-electron chi connectivity index (χ0n) is 8.00. The summed E-state index contributed by atoms with van der Waals surface area (Å²) < 4.78 is 3.26. The minimum absolute atomic E-state index is 0.556. The summed E-state index contributed by atoms with van der Waals surface area (Å²) in [5.74, 6) is -0.556. The van der Waals surface area contributed by atoms with Crippen LogP contribution in [0.2, 0.25) is 0 Å². The molecule has 0 saturated carbocycles. The minimum Gasteiger partial charge on any atom is -0.394 e. The van der Waals surface area contributed by atoms with Crippen molar-refractivity contribution in [1.82, 2.24) is 0 Å². The van der Waals surface area contributed by atoms with Gasteiger partial charge in [-0.25, -0.2) is 0 Å². The molecule has 15 heavy (non-hydrogen) atoms. The fourth-order valence-corrected chi connectivity index (χ4v) is 1.93. The number of rotatable bonds is 2. The average Bonchev–Trinajstić information content (AvgIpc) is 2.20. The molecule has 1 aliphatic rings. The molecule has 1 unspecified atom stereocenters. The van der Waals surface area contributed by atoms with Gasteiger partial charge in [-0.3, -0.25) is 4.79 Å². The largest absolute Gasteiger partial charge is 0.394 e. The van der Waals surface area contributed by atoms with Crippen LogP contribution in [-0.4, -0.2) is 61.7 Å². The number of Topliss-reactive ketones (excluding diaryl/α,β-unsaturated/α-hetero) is 1. The number of ketones is 1. The Morgan fingerprint density at radius 1 is 1.40 bits per heavy atom. The summed E-state index contributed by atoms with van der Waals surface area (Å²) in [4.78, 5) is 11.2.